The molecule has 0 aliphatic heterocycles. The van der Waals surface area contributed by atoms with Crippen molar-refractivity contribution in [3.05, 3.63) is 24.3 Å². The summed E-state index contributed by atoms with van der Waals surface area (Å²) < 4.78 is 44.7. The number of carbonyl (C=O) groups is 1. The Labute approximate surface area is 340 Å². The molecule has 0 saturated heterocycles. The van der Waals surface area contributed by atoms with E-state index < -0.39 is 29.1 Å². The van der Waals surface area contributed by atoms with Crippen molar-refractivity contribution in [3.8, 4) is 0 Å². The van der Waals surface area contributed by atoms with Crippen molar-refractivity contribution in [1.29, 1.82) is 0 Å². The number of hydrogen-bond donors (Lipinski definition) is 7. The molecule has 57 heavy (non-hydrogen) atoms. The molecule has 2 saturated carbocycles. The lowest BCUT2D eigenvalue weighted by atomic mass is 9.95. The van der Waals surface area contributed by atoms with Gasteiger partial charge in [-0.05, 0) is 96.3 Å². The molecule has 2 aliphatic carbocycles. The summed E-state index contributed by atoms with van der Waals surface area (Å²) in [5.74, 6) is 0. The molecule has 18 nitrogen and oxygen atoms in total. The van der Waals surface area contributed by atoms with Gasteiger partial charge in [-0.15, -0.1) is 5.10 Å². The lowest BCUT2D eigenvalue weighted by Crippen LogP contribution is -2.51. The topological polar surface area (TPSA) is 253 Å². The number of rotatable bonds is 19. The summed E-state index contributed by atoms with van der Waals surface area (Å²) in [5, 5.41) is 38.0. The molecule has 21 heteroatoms. The second-order valence-electron chi connectivity index (χ2n) is 14.5. The van der Waals surface area contributed by atoms with Gasteiger partial charge in [-0.25, -0.2) is 9.11 Å². The van der Waals surface area contributed by atoms with Crippen LogP contribution in [0.2, 0.25) is 0 Å². The molecular formula is C36H72N8O10P3-. The van der Waals surface area contributed by atoms with Crippen molar-refractivity contribution in [1.82, 2.24) is 41.3 Å². The van der Waals surface area contributed by atoms with E-state index in [-0.39, 0.29) is 24.5 Å². The van der Waals surface area contributed by atoms with Crippen LogP contribution in [-0.4, -0.2) is 112 Å². The van der Waals surface area contributed by atoms with E-state index >= 15 is 0 Å². The fourth-order valence-electron chi connectivity index (χ4n) is 6.10. The number of urea groups is 1. The molecule has 3 atom stereocenters. The highest BCUT2D eigenvalue weighted by Crippen LogP contribution is 2.68. The molecular weight excluding hydrogens is 797 g/mol. The van der Waals surface area contributed by atoms with Gasteiger partial charge in [0.1, 0.15) is 18.6 Å². The second-order valence-corrected chi connectivity index (χ2v) is 20.9. The zero-order valence-electron chi connectivity index (χ0n) is 35.0. The number of aliphatic hydroxyl groups is 1. The number of nitrogens with zero attached hydrogens (tertiary/aromatic N) is 4. The summed E-state index contributed by atoms with van der Waals surface area (Å²) in [6.45, 7) is 9.27. The van der Waals surface area contributed by atoms with Gasteiger partial charge in [-0.2, -0.15) is 0 Å². The van der Waals surface area contributed by atoms with E-state index in [0.717, 1.165) is 24.4 Å². The van der Waals surface area contributed by atoms with Gasteiger partial charge in [0.05, 0.1) is 12.3 Å². The van der Waals surface area contributed by atoms with Gasteiger partial charge in [0.15, 0.2) is 6.35 Å². The van der Waals surface area contributed by atoms with Gasteiger partial charge >= 0.3 is 21.2 Å². The van der Waals surface area contributed by atoms with E-state index in [1.165, 1.54) is 64.2 Å². The molecule has 3 unspecified atom stereocenters. The number of para-hydroxylation sites is 1. The number of benzene rings is 1. The Morgan fingerprint density at radius 3 is 1.91 bits per heavy atom. The summed E-state index contributed by atoms with van der Waals surface area (Å²) in [7, 11) is -8.49. The SMILES string of the molecule is CCCP(=O)([O-])OP(=O)(CCC)OP(=O)(O)CCC.CCNC(=O)NCCCN(C)C.OC(NC1CCCCC1)NC1CCCCC1.On1nnc2ccccc21. The highest BCUT2D eigenvalue weighted by atomic mass is 31.3. The number of hydrogen-bond acceptors (Lipinski definition) is 14. The molecule has 0 radical (unpaired) electrons. The smallest absolute Gasteiger partial charge is 0.342 e. The van der Waals surface area contributed by atoms with Crippen molar-refractivity contribution in [3.63, 3.8) is 0 Å². The first-order valence-electron chi connectivity index (χ1n) is 20.5. The quantitative estimate of drug-likeness (QED) is 0.0358. The van der Waals surface area contributed by atoms with Crippen molar-refractivity contribution in [2.45, 2.75) is 136 Å². The number of amides is 2. The van der Waals surface area contributed by atoms with Crippen molar-refractivity contribution in [2.75, 3.05) is 52.2 Å². The van der Waals surface area contributed by atoms with Gasteiger partial charge in [-0.3, -0.25) is 24.1 Å². The fourth-order valence-corrected chi connectivity index (χ4v) is 12.5. The average molecular weight is 870 g/mol. The first-order chi connectivity index (χ1) is 27.0. The van der Waals surface area contributed by atoms with E-state index in [4.69, 9.17) is 5.21 Å². The summed E-state index contributed by atoms with van der Waals surface area (Å²) in [5.41, 5.74) is 1.33. The van der Waals surface area contributed by atoms with Crippen LogP contribution in [0.25, 0.3) is 11.0 Å². The molecule has 4 rings (SSSR count). The van der Waals surface area contributed by atoms with Crippen LogP contribution in [0.1, 0.15) is 118 Å². The van der Waals surface area contributed by atoms with Crippen LogP contribution in [0.4, 0.5) is 4.79 Å². The zero-order chi connectivity index (χ0) is 42.7. The van der Waals surface area contributed by atoms with E-state index in [2.05, 4.69) is 45.1 Å². The molecule has 0 spiro atoms. The molecule has 1 aromatic heterocycles. The van der Waals surface area contributed by atoms with Crippen molar-refractivity contribution in [2.24, 2.45) is 0 Å². The molecule has 7 N–H and O–H groups in total. The molecule has 2 fully saturated rings. The molecule has 2 aliphatic rings. The van der Waals surface area contributed by atoms with Crippen LogP contribution >= 0.6 is 22.8 Å². The minimum atomic E-state index is -4.32. The largest absolute Gasteiger partial charge is 0.778 e. The predicted octanol–water partition coefficient (Wildman–Crippen LogP) is 6.21. The van der Waals surface area contributed by atoms with Crippen LogP contribution in [0.15, 0.2) is 24.3 Å². The van der Waals surface area contributed by atoms with E-state index in [1.54, 1.807) is 32.9 Å². The third-order valence-corrected chi connectivity index (χ3v) is 15.7. The van der Waals surface area contributed by atoms with Gasteiger partial charge in [0.2, 0.25) is 0 Å². The first kappa shape index (κ1) is 53.1. The van der Waals surface area contributed by atoms with E-state index in [0.29, 0.717) is 48.9 Å². The molecule has 0 bridgehead atoms. The lowest BCUT2D eigenvalue weighted by Gasteiger charge is -2.30. The molecule has 2 amide bonds. The Bertz CT molecular complexity index is 1460. The van der Waals surface area contributed by atoms with Crippen molar-refractivity contribution < 1.29 is 47.2 Å². The molecule has 332 valence electrons. The Kier molecular flexibility index (Phi) is 27.3. The number of aliphatic hydroxyl groups excluding tert-OH is 1. The van der Waals surface area contributed by atoms with Gasteiger partial charge < -0.3 is 40.2 Å². The van der Waals surface area contributed by atoms with Gasteiger partial charge in [-0.1, -0.05) is 76.3 Å². The number of nitrogens with one attached hydrogen (secondary N) is 4. The van der Waals surface area contributed by atoms with Gasteiger partial charge in [0, 0.05) is 31.3 Å². The highest BCUT2D eigenvalue weighted by Gasteiger charge is 2.36. The Morgan fingerprint density at radius 2 is 1.42 bits per heavy atom. The standard InChI is InChI=1S/C13H26N2O.C9H23O7P3.C8H19N3O.C6H5N3O/c16-13(14-11-7-3-1-4-8-11)15-12-9-5-2-6-10-12;1-4-7-17(10,11)15-19(14,9-6-3)16-18(12,13)8-5-2;1-4-9-8(12)10-6-5-7-11(2)3;10-9-6-4-2-1-3-5(6)7-8-9/h11-16H,1-10H2;4-9H2,1-3H3,(H,10,11)(H,12,13);4-7H2,1-3H3,(H2,9,10,12);1-4,10H/p-1. The Balaban J connectivity index is 0.000000390. The second kappa shape index (κ2) is 29.3. The van der Waals surface area contributed by atoms with E-state index in [9.17, 15) is 33.4 Å². The van der Waals surface area contributed by atoms with E-state index in [1.807, 2.05) is 33.2 Å². The normalized spacial score (nSPS) is 18.1. The highest BCUT2D eigenvalue weighted by molar-refractivity contribution is 7.71. The van der Waals surface area contributed by atoms with Crippen LogP contribution in [-0.2, 0) is 22.3 Å². The third-order valence-electron chi connectivity index (χ3n) is 8.74. The van der Waals surface area contributed by atoms with Crippen LogP contribution in [0, 0.1) is 0 Å². The zero-order valence-corrected chi connectivity index (χ0v) is 37.7. The summed E-state index contributed by atoms with van der Waals surface area (Å²) in [4.78, 5) is 34.7. The monoisotopic (exact) mass is 869 g/mol. The molecule has 2 aromatic rings. The molecule has 1 aromatic carbocycles. The number of fused-ring (bicyclic) bond motifs is 1. The maximum absolute atomic E-state index is 12.2. The van der Waals surface area contributed by atoms with Crippen molar-refractivity contribution >= 4 is 39.9 Å². The predicted molar refractivity (Wildman–Crippen MR) is 224 cm³/mol. The summed E-state index contributed by atoms with van der Waals surface area (Å²) in [6.07, 6.45) is 13.7. The Morgan fingerprint density at radius 1 is 0.877 bits per heavy atom. The molecule has 1 heterocycles. The minimum Gasteiger partial charge on any atom is -0.778 e. The third kappa shape index (κ3) is 25.3. The maximum atomic E-state index is 12.2. The van der Waals surface area contributed by atoms with Crippen LogP contribution < -0.4 is 26.2 Å². The minimum absolute atomic E-state index is 0.0729. The fraction of sp³-hybridized carbons (Fsp3) is 0.806. The number of carbonyl (C=O) groups excluding carboxylic acids is 1. The maximum Gasteiger partial charge on any atom is 0.342 e. The number of aromatic nitrogens is 3. The summed E-state index contributed by atoms with van der Waals surface area (Å²) >= 11 is 0. The lowest BCUT2D eigenvalue weighted by molar-refractivity contribution is -0.191. The Hall–Kier alpha value is -1.94. The van der Waals surface area contributed by atoms with Crippen LogP contribution in [0.5, 0.6) is 0 Å². The first-order valence-corrected chi connectivity index (χ1v) is 25.7. The van der Waals surface area contributed by atoms with Crippen LogP contribution in [0.3, 0.4) is 0 Å². The van der Waals surface area contributed by atoms with Gasteiger partial charge in [0.25, 0.3) is 0 Å². The summed E-state index contributed by atoms with van der Waals surface area (Å²) in [6, 6.07) is 8.18. The average Bonchev–Trinajstić information content (AvgIpc) is 3.51.